The third-order valence-corrected chi connectivity index (χ3v) is 7.26. The van der Waals surface area contributed by atoms with Gasteiger partial charge in [0.05, 0.1) is 51.8 Å². The van der Waals surface area contributed by atoms with Crippen molar-refractivity contribution in [1.29, 1.82) is 0 Å². The number of hydrogen-bond donors (Lipinski definition) is 6. The Bertz CT molecular complexity index is 1060. The van der Waals surface area contributed by atoms with Gasteiger partial charge in [0.25, 0.3) is 0 Å². The van der Waals surface area contributed by atoms with Crippen LogP contribution in [0.5, 0.6) is 5.75 Å². The van der Waals surface area contributed by atoms with Crippen LogP contribution in [0.25, 0.3) is 0 Å². The van der Waals surface area contributed by atoms with Crippen LogP contribution in [0.15, 0.2) is 24.3 Å². The summed E-state index contributed by atoms with van der Waals surface area (Å²) in [6.07, 6.45) is 8.88. The van der Waals surface area contributed by atoms with E-state index in [0.717, 1.165) is 51.4 Å². The van der Waals surface area contributed by atoms with Crippen molar-refractivity contribution in [3.8, 4) is 5.75 Å². The summed E-state index contributed by atoms with van der Waals surface area (Å²) in [5.74, 6) is -2.18. The summed E-state index contributed by atoms with van der Waals surface area (Å²) >= 11 is 0. The number of carbonyl (C=O) groups is 5. The zero-order valence-corrected chi connectivity index (χ0v) is 28.4. The number of rotatable bonds is 33. The monoisotopic (exact) mass is 697 g/mol. The normalized spacial score (nSPS) is 12.2. The molecule has 0 bridgehead atoms. The third kappa shape index (κ3) is 24.2. The van der Waals surface area contributed by atoms with Crippen molar-refractivity contribution in [2.75, 3.05) is 59.3 Å². The average molecular weight is 698 g/mol. The van der Waals surface area contributed by atoms with E-state index in [1.807, 2.05) is 0 Å². The van der Waals surface area contributed by atoms with Crippen molar-refractivity contribution in [1.82, 2.24) is 16.0 Å². The number of carboxylic acids is 2. The van der Waals surface area contributed by atoms with E-state index in [1.165, 1.54) is 12.1 Å². The highest BCUT2D eigenvalue weighted by Crippen LogP contribution is 2.14. The number of carboxylic acid groups (broad SMARTS) is 2. The fourth-order valence-corrected chi connectivity index (χ4v) is 4.58. The quantitative estimate of drug-likeness (QED) is 0.0353. The zero-order chi connectivity index (χ0) is 36.0. The second-order valence-corrected chi connectivity index (χ2v) is 11.3. The number of hydrogen-bond acceptors (Lipinski definition) is 11. The summed E-state index contributed by atoms with van der Waals surface area (Å²) in [4.78, 5) is 57.9. The fraction of sp³-hybridized carbons (Fsp3) is 0.676. The molecule has 0 aliphatic heterocycles. The zero-order valence-electron chi connectivity index (χ0n) is 28.4. The van der Waals surface area contributed by atoms with Crippen LogP contribution in [0.4, 0.5) is 0 Å². The fourth-order valence-electron chi connectivity index (χ4n) is 4.58. The van der Waals surface area contributed by atoms with Crippen LogP contribution in [0.3, 0.4) is 0 Å². The molecule has 1 aromatic rings. The molecular formula is C34H55N3O12. The molecule has 15 nitrogen and oxygen atoms in total. The number of aliphatic carboxylic acids is 1. The van der Waals surface area contributed by atoms with Gasteiger partial charge in [0, 0.05) is 25.9 Å². The van der Waals surface area contributed by atoms with Gasteiger partial charge in [-0.2, -0.15) is 0 Å². The number of aliphatic hydroxyl groups excluding tert-OH is 1. The highest BCUT2D eigenvalue weighted by Gasteiger charge is 2.20. The molecule has 0 fully saturated rings. The topological polar surface area (TPSA) is 219 Å². The summed E-state index contributed by atoms with van der Waals surface area (Å²) < 4.78 is 21.4. The molecule has 278 valence electrons. The molecule has 15 heteroatoms. The summed E-state index contributed by atoms with van der Waals surface area (Å²) in [5.41, 5.74) is 0.234. The Labute approximate surface area is 288 Å². The molecule has 2 atom stereocenters. The standard InChI is InChI=1S/C34H55N3O12/c38-19-23-46-22-18-36-32(26-39)49-25-24-47-21-17-35-30(40)16-15-29(34(44)45)37-31(41)10-8-6-4-2-1-3-5-7-9-20-48-28-13-11-27(12-14-28)33(42)43/h11-14,26,29,32,36,38H,1-10,15-25H2,(H,35,40)(H,37,41)(H,42,43)(H,44,45)/t29-,32?/m0/s1. The summed E-state index contributed by atoms with van der Waals surface area (Å²) in [5, 5.41) is 35.0. The van der Waals surface area contributed by atoms with Crippen LogP contribution in [-0.4, -0.2) is 117 Å². The number of amides is 2. The largest absolute Gasteiger partial charge is 0.494 e. The lowest BCUT2D eigenvalue weighted by molar-refractivity contribution is -0.142. The molecule has 49 heavy (non-hydrogen) atoms. The van der Waals surface area contributed by atoms with Gasteiger partial charge in [0.2, 0.25) is 11.8 Å². The number of aldehydes is 1. The summed E-state index contributed by atoms with van der Waals surface area (Å²) in [6.45, 7) is 2.20. The summed E-state index contributed by atoms with van der Waals surface area (Å²) in [7, 11) is 0. The molecule has 1 aromatic carbocycles. The van der Waals surface area contributed by atoms with E-state index >= 15 is 0 Å². The smallest absolute Gasteiger partial charge is 0.335 e. The Morgan fingerprint density at radius 3 is 1.98 bits per heavy atom. The van der Waals surface area contributed by atoms with Crippen LogP contribution in [0.2, 0.25) is 0 Å². The molecule has 0 spiro atoms. The SMILES string of the molecule is O=CC(NCCOCCO)OCCOCCNC(=O)CC[C@H](NC(=O)CCCCCCCCCCCOc1ccc(C(=O)O)cc1)C(=O)O. The van der Waals surface area contributed by atoms with Gasteiger partial charge >= 0.3 is 11.9 Å². The molecule has 0 heterocycles. The average Bonchev–Trinajstić information content (AvgIpc) is 3.09. The lowest BCUT2D eigenvalue weighted by Gasteiger charge is -2.15. The Hall–Kier alpha value is -3.63. The van der Waals surface area contributed by atoms with E-state index in [-0.39, 0.29) is 76.2 Å². The van der Waals surface area contributed by atoms with E-state index in [2.05, 4.69) is 16.0 Å². The van der Waals surface area contributed by atoms with Gasteiger partial charge in [-0.3, -0.25) is 19.7 Å². The molecule has 0 saturated carbocycles. The van der Waals surface area contributed by atoms with Gasteiger partial charge in [0.1, 0.15) is 11.8 Å². The van der Waals surface area contributed by atoms with E-state index in [0.29, 0.717) is 38.2 Å². The van der Waals surface area contributed by atoms with Crippen molar-refractivity contribution in [3.63, 3.8) is 0 Å². The van der Waals surface area contributed by atoms with Crippen LogP contribution >= 0.6 is 0 Å². The number of carbonyl (C=O) groups excluding carboxylic acids is 3. The second-order valence-electron chi connectivity index (χ2n) is 11.3. The first-order valence-corrected chi connectivity index (χ1v) is 17.1. The minimum Gasteiger partial charge on any atom is -0.494 e. The number of unbranched alkanes of at least 4 members (excludes halogenated alkanes) is 8. The lowest BCUT2D eigenvalue weighted by Crippen LogP contribution is -2.41. The number of aromatic carboxylic acids is 1. The maximum atomic E-state index is 12.3. The van der Waals surface area contributed by atoms with E-state index in [4.69, 9.17) is 29.2 Å². The Balaban J connectivity index is 2.00. The van der Waals surface area contributed by atoms with Crippen molar-refractivity contribution < 1.29 is 58.2 Å². The van der Waals surface area contributed by atoms with Crippen LogP contribution in [-0.2, 0) is 33.4 Å². The third-order valence-electron chi connectivity index (χ3n) is 7.26. The van der Waals surface area contributed by atoms with E-state index < -0.39 is 24.2 Å². The molecule has 6 N–H and O–H groups in total. The Morgan fingerprint density at radius 1 is 0.714 bits per heavy atom. The first-order chi connectivity index (χ1) is 23.8. The predicted molar refractivity (Wildman–Crippen MR) is 179 cm³/mol. The van der Waals surface area contributed by atoms with Crippen molar-refractivity contribution in [2.24, 2.45) is 0 Å². The van der Waals surface area contributed by atoms with Gasteiger partial charge in [-0.05, 0) is 43.5 Å². The van der Waals surface area contributed by atoms with E-state index in [1.54, 1.807) is 12.1 Å². The van der Waals surface area contributed by atoms with Crippen LogP contribution in [0.1, 0.15) is 87.4 Å². The Kier molecular flexibility index (Phi) is 25.9. The molecular weight excluding hydrogens is 642 g/mol. The van der Waals surface area contributed by atoms with Crippen molar-refractivity contribution in [2.45, 2.75) is 89.3 Å². The minimum atomic E-state index is -1.19. The molecule has 0 saturated heterocycles. The van der Waals surface area contributed by atoms with Gasteiger partial charge in [-0.1, -0.05) is 44.9 Å². The van der Waals surface area contributed by atoms with E-state index in [9.17, 15) is 29.1 Å². The Morgan fingerprint density at radius 2 is 1.35 bits per heavy atom. The maximum absolute atomic E-state index is 12.3. The molecule has 0 aromatic heterocycles. The highest BCUT2D eigenvalue weighted by atomic mass is 16.5. The number of nitrogens with one attached hydrogen (secondary N) is 3. The minimum absolute atomic E-state index is 0.0290. The number of benzene rings is 1. The highest BCUT2D eigenvalue weighted by molar-refractivity contribution is 5.87. The molecule has 0 aliphatic carbocycles. The van der Waals surface area contributed by atoms with Gasteiger partial charge in [0.15, 0.2) is 12.5 Å². The predicted octanol–water partition coefficient (Wildman–Crippen LogP) is 2.29. The van der Waals surface area contributed by atoms with Crippen molar-refractivity contribution >= 4 is 30.0 Å². The summed E-state index contributed by atoms with van der Waals surface area (Å²) in [6, 6.07) is 5.23. The molecule has 1 rings (SSSR count). The van der Waals surface area contributed by atoms with Crippen molar-refractivity contribution in [3.05, 3.63) is 29.8 Å². The molecule has 2 amide bonds. The first kappa shape index (κ1) is 43.4. The lowest BCUT2D eigenvalue weighted by atomic mass is 10.1. The number of aliphatic hydroxyl groups is 1. The van der Waals surface area contributed by atoms with Crippen LogP contribution < -0.4 is 20.7 Å². The first-order valence-electron chi connectivity index (χ1n) is 17.1. The molecule has 0 radical (unpaired) electrons. The molecule has 1 unspecified atom stereocenters. The van der Waals surface area contributed by atoms with Gasteiger partial charge in [-0.25, -0.2) is 9.59 Å². The van der Waals surface area contributed by atoms with Crippen LogP contribution in [0, 0.1) is 0 Å². The molecule has 0 aliphatic rings. The second kappa shape index (κ2) is 29.3. The van der Waals surface area contributed by atoms with Gasteiger partial charge < -0.3 is 44.9 Å². The maximum Gasteiger partial charge on any atom is 0.335 e. The number of ether oxygens (including phenoxy) is 4. The van der Waals surface area contributed by atoms with Gasteiger partial charge in [-0.15, -0.1) is 0 Å².